The van der Waals surface area contributed by atoms with Gasteiger partial charge in [0.05, 0.1) is 23.0 Å². The second-order valence-electron chi connectivity index (χ2n) is 7.84. The van der Waals surface area contributed by atoms with Gasteiger partial charge in [0.15, 0.2) is 11.6 Å². The number of fused-ring (bicyclic) bond motifs is 1. The fourth-order valence-electron chi connectivity index (χ4n) is 3.99. The minimum absolute atomic E-state index is 0.0155. The Bertz CT molecular complexity index is 1150. The summed E-state index contributed by atoms with van der Waals surface area (Å²) >= 11 is 0. The maximum atomic E-state index is 14.7. The number of nitrogens with two attached hydrogens (primary N) is 2. The molecule has 3 aromatic rings. The van der Waals surface area contributed by atoms with Crippen LogP contribution >= 0.6 is 0 Å². The molecule has 0 saturated heterocycles. The molecule has 1 aliphatic rings. The van der Waals surface area contributed by atoms with Gasteiger partial charge in [0.1, 0.15) is 12.5 Å². The van der Waals surface area contributed by atoms with Crippen LogP contribution in [0, 0.1) is 11.8 Å². The molecule has 4 rings (SSSR count). The first kappa shape index (κ1) is 21.9. The number of aryl methyl sites for hydroxylation is 1. The molecule has 2 atom stereocenters. The van der Waals surface area contributed by atoms with E-state index >= 15 is 0 Å². The van der Waals surface area contributed by atoms with Crippen LogP contribution in [0.1, 0.15) is 36.0 Å². The van der Waals surface area contributed by atoms with E-state index in [1.807, 2.05) is 0 Å². The van der Waals surface area contributed by atoms with E-state index in [1.165, 1.54) is 10.7 Å². The number of nitrogens with zero attached hydrogens (tertiary/aromatic N) is 3. The molecule has 0 bridgehead atoms. The Labute approximate surface area is 182 Å². The molecule has 0 aliphatic heterocycles. The third kappa shape index (κ3) is 4.33. The summed E-state index contributed by atoms with van der Waals surface area (Å²) in [6.07, 6.45) is 3.59. The van der Waals surface area contributed by atoms with Crippen molar-refractivity contribution in [3.8, 4) is 0 Å². The number of rotatable bonds is 7. The predicted molar refractivity (Wildman–Crippen MR) is 116 cm³/mol. The Balaban J connectivity index is 1.67. The molecule has 1 unspecified atom stereocenters. The van der Waals surface area contributed by atoms with Crippen molar-refractivity contribution in [2.75, 3.05) is 17.3 Å². The van der Waals surface area contributed by atoms with E-state index in [1.54, 1.807) is 12.1 Å². The quantitative estimate of drug-likeness (QED) is 0.441. The lowest BCUT2D eigenvalue weighted by molar-refractivity contribution is 0.100. The minimum Gasteiger partial charge on any atom is -0.365 e. The van der Waals surface area contributed by atoms with Crippen molar-refractivity contribution in [3.05, 3.63) is 41.6 Å². The van der Waals surface area contributed by atoms with Crippen LogP contribution in [0.4, 0.5) is 30.5 Å². The molecule has 1 aliphatic carbocycles. The smallest absolute Gasteiger partial charge is 0.252 e. The Morgan fingerprint density at radius 3 is 2.69 bits per heavy atom. The summed E-state index contributed by atoms with van der Waals surface area (Å²) in [5, 5.41) is 9.80. The number of anilines is 3. The van der Waals surface area contributed by atoms with Crippen LogP contribution in [-0.4, -0.2) is 39.4 Å². The summed E-state index contributed by atoms with van der Waals surface area (Å²) in [6.45, 7) is -0.755. The number of nitrogens with one attached hydrogen (secondary N) is 2. The van der Waals surface area contributed by atoms with E-state index in [0.29, 0.717) is 11.2 Å². The van der Waals surface area contributed by atoms with Gasteiger partial charge in [0.2, 0.25) is 5.95 Å². The maximum Gasteiger partial charge on any atom is 0.252 e. The number of pyridine rings is 1. The number of benzene rings is 1. The van der Waals surface area contributed by atoms with Gasteiger partial charge in [0, 0.05) is 17.8 Å². The zero-order valence-electron chi connectivity index (χ0n) is 17.2. The van der Waals surface area contributed by atoms with Crippen LogP contribution in [0.25, 0.3) is 10.9 Å². The number of amides is 1. The second-order valence-corrected chi connectivity index (χ2v) is 7.84. The van der Waals surface area contributed by atoms with Crippen molar-refractivity contribution in [1.29, 1.82) is 0 Å². The summed E-state index contributed by atoms with van der Waals surface area (Å²) in [5.41, 5.74) is 12.2. The first-order chi connectivity index (χ1) is 15.4. The van der Waals surface area contributed by atoms with Gasteiger partial charge < -0.3 is 22.1 Å². The lowest BCUT2D eigenvalue weighted by Crippen LogP contribution is -2.43. The number of halogens is 3. The molecule has 32 heavy (non-hydrogen) atoms. The molecule has 8 nitrogen and oxygen atoms in total. The van der Waals surface area contributed by atoms with E-state index in [2.05, 4.69) is 20.7 Å². The summed E-state index contributed by atoms with van der Waals surface area (Å²) in [4.78, 5) is 16.1. The standard InChI is InChI=1S/C21H24F3N7O/c22-7-8-31-17-6-5-11(9-12(17)18(24)30-31)27-20-13(19(26)32)10-14(23)21(29-20)28-16-4-2-1-3-15(16)25/h5-6,9-10,15-16H,1-4,7-8,25H2,(H2,26,32)(H2,27,28,29)/t15-,16?/m0/s1. The van der Waals surface area contributed by atoms with E-state index in [-0.39, 0.29) is 41.2 Å². The van der Waals surface area contributed by atoms with Crippen molar-refractivity contribution in [1.82, 2.24) is 14.8 Å². The van der Waals surface area contributed by atoms with Crippen LogP contribution < -0.4 is 22.1 Å². The highest BCUT2D eigenvalue weighted by Crippen LogP contribution is 2.28. The predicted octanol–water partition coefficient (Wildman–Crippen LogP) is 3.20. The normalized spacial score (nSPS) is 18.6. The largest absolute Gasteiger partial charge is 0.365 e. The van der Waals surface area contributed by atoms with Crippen LogP contribution in [0.15, 0.2) is 24.3 Å². The first-order valence-corrected chi connectivity index (χ1v) is 10.4. The van der Waals surface area contributed by atoms with Crippen molar-refractivity contribution in [3.63, 3.8) is 0 Å². The third-order valence-corrected chi connectivity index (χ3v) is 5.65. The molecule has 0 spiro atoms. The van der Waals surface area contributed by atoms with Crippen molar-refractivity contribution in [2.24, 2.45) is 11.5 Å². The molecule has 2 heterocycles. The topological polar surface area (TPSA) is 124 Å². The number of hydrogen-bond donors (Lipinski definition) is 4. The summed E-state index contributed by atoms with van der Waals surface area (Å²) < 4.78 is 42.8. The molecular formula is C21H24F3N7O. The number of primary amides is 1. The van der Waals surface area contributed by atoms with E-state index in [9.17, 15) is 18.0 Å². The van der Waals surface area contributed by atoms with Gasteiger partial charge in [-0.25, -0.2) is 13.8 Å². The second kappa shape index (κ2) is 9.03. The average molecular weight is 447 g/mol. The van der Waals surface area contributed by atoms with Gasteiger partial charge >= 0.3 is 0 Å². The molecule has 170 valence electrons. The van der Waals surface area contributed by atoms with E-state index in [0.717, 1.165) is 31.7 Å². The van der Waals surface area contributed by atoms with Gasteiger partial charge in [-0.2, -0.15) is 4.39 Å². The molecule has 1 fully saturated rings. The number of carbonyl (C=O) groups excluding carboxylic acids is 1. The summed E-state index contributed by atoms with van der Waals surface area (Å²) in [5.74, 6) is -2.39. The maximum absolute atomic E-state index is 14.7. The lowest BCUT2D eigenvalue weighted by atomic mass is 9.91. The Morgan fingerprint density at radius 1 is 1.19 bits per heavy atom. The fraction of sp³-hybridized carbons (Fsp3) is 0.381. The highest BCUT2D eigenvalue weighted by molar-refractivity contribution is 5.99. The summed E-state index contributed by atoms with van der Waals surface area (Å²) in [7, 11) is 0. The molecular weight excluding hydrogens is 423 g/mol. The van der Waals surface area contributed by atoms with Gasteiger partial charge in [-0.15, -0.1) is 5.10 Å². The van der Waals surface area contributed by atoms with Gasteiger partial charge in [0.25, 0.3) is 5.91 Å². The molecule has 1 amide bonds. The van der Waals surface area contributed by atoms with Gasteiger partial charge in [-0.1, -0.05) is 12.8 Å². The first-order valence-electron chi connectivity index (χ1n) is 10.4. The number of alkyl halides is 1. The van der Waals surface area contributed by atoms with Gasteiger partial charge in [-0.05, 0) is 37.1 Å². The highest BCUT2D eigenvalue weighted by atomic mass is 19.1. The van der Waals surface area contributed by atoms with Gasteiger partial charge in [-0.3, -0.25) is 9.48 Å². The molecule has 2 aromatic heterocycles. The van der Waals surface area contributed by atoms with Crippen LogP contribution in [0.3, 0.4) is 0 Å². The Kier molecular flexibility index (Phi) is 6.17. The lowest BCUT2D eigenvalue weighted by Gasteiger charge is -2.30. The zero-order valence-corrected chi connectivity index (χ0v) is 17.2. The van der Waals surface area contributed by atoms with Crippen molar-refractivity contribution in [2.45, 2.75) is 44.3 Å². The van der Waals surface area contributed by atoms with E-state index in [4.69, 9.17) is 11.5 Å². The Morgan fingerprint density at radius 2 is 1.97 bits per heavy atom. The highest BCUT2D eigenvalue weighted by Gasteiger charge is 2.24. The number of hydrogen-bond acceptors (Lipinski definition) is 6. The van der Waals surface area contributed by atoms with Crippen molar-refractivity contribution < 1.29 is 18.0 Å². The SMILES string of the molecule is NC(=O)c1cc(F)c(NC2CCCC[C@@H]2N)nc1Nc1ccc2c(c1)c(F)nn2CCF. The monoisotopic (exact) mass is 447 g/mol. The molecule has 11 heteroatoms. The van der Waals surface area contributed by atoms with Crippen LogP contribution in [0.2, 0.25) is 0 Å². The van der Waals surface area contributed by atoms with Crippen molar-refractivity contribution >= 4 is 34.1 Å². The van der Waals surface area contributed by atoms with Crippen LogP contribution in [0.5, 0.6) is 0 Å². The number of aromatic nitrogens is 3. The minimum atomic E-state index is -0.872. The third-order valence-electron chi connectivity index (χ3n) is 5.65. The fourth-order valence-corrected chi connectivity index (χ4v) is 3.99. The molecule has 6 N–H and O–H groups in total. The molecule has 1 aromatic carbocycles. The number of carbonyl (C=O) groups is 1. The zero-order chi connectivity index (χ0) is 22.8. The summed E-state index contributed by atoms with van der Waals surface area (Å²) in [6, 6.07) is 5.34. The molecule has 1 saturated carbocycles. The average Bonchev–Trinajstić information content (AvgIpc) is 3.07. The Hall–Kier alpha value is -3.34. The van der Waals surface area contributed by atoms with Crippen LogP contribution in [-0.2, 0) is 6.54 Å². The van der Waals surface area contributed by atoms with E-state index < -0.39 is 24.3 Å². The molecule has 0 radical (unpaired) electrons.